The first kappa shape index (κ1) is 34.3. The first-order valence-corrected chi connectivity index (χ1v) is 19.7. The highest BCUT2D eigenvalue weighted by Crippen LogP contribution is 2.49. The zero-order valence-corrected chi connectivity index (χ0v) is 30.0. The molecule has 8 heteroatoms. The van der Waals surface area contributed by atoms with Crippen LogP contribution in [0.2, 0.25) is 0 Å². The third-order valence-electron chi connectivity index (χ3n) is 13.6. The molecule has 0 amide bonds. The number of esters is 1. The number of likely N-dealkylation sites (tertiary alicyclic amines) is 1. The summed E-state index contributed by atoms with van der Waals surface area (Å²) in [6.07, 6.45) is 12.8. The summed E-state index contributed by atoms with van der Waals surface area (Å²) in [6.45, 7) is 8.35. The summed E-state index contributed by atoms with van der Waals surface area (Å²) in [5, 5.41) is 20.8. The molecule has 8 rings (SSSR count). The minimum atomic E-state index is -0.631. The second-order valence-corrected chi connectivity index (χ2v) is 17.6. The number of piperidine rings is 1. The number of nitrogens with zero attached hydrogens (tertiary/aromatic N) is 1. The number of carboxylic acids is 1. The number of hydrogen-bond acceptors (Lipinski definition) is 7. The topological polar surface area (TPSA) is 103 Å². The molecule has 4 unspecified atom stereocenters. The van der Waals surface area contributed by atoms with Gasteiger partial charge in [-0.25, -0.2) is 0 Å². The molecule has 1 aliphatic heterocycles. The van der Waals surface area contributed by atoms with Gasteiger partial charge in [0.25, 0.3) is 0 Å². The van der Waals surface area contributed by atoms with E-state index in [0.29, 0.717) is 46.5 Å². The Kier molecular flexibility index (Phi) is 9.59. The molecule has 50 heavy (non-hydrogen) atoms. The van der Waals surface area contributed by atoms with Crippen LogP contribution in [-0.4, -0.2) is 79.3 Å². The van der Waals surface area contributed by atoms with Crippen molar-refractivity contribution in [2.24, 2.45) is 22.2 Å². The van der Waals surface area contributed by atoms with Crippen molar-refractivity contribution >= 4 is 11.9 Å². The molecule has 1 heterocycles. The normalized spacial score (nSPS) is 31.8. The Morgan fingerprint density at radius 1 is 0.740 bits per heavy atom. The van der Waals surface area contributed by atoms with Crippen LogP contribution in [0.25, 0.3) is 0 Å². The Hall–Kier alpha value is -2.78. The summed E-state index contributed by atoms with van der Waals surface area (Å²) >= 11 is 0. The van der Waals surface area contributed by atoms with Crippen molar-refractivity contribution in [2.75, 3.05) is 39.3 Å². The van der Waals surface area contributed by atoms with Gasteiger partial charge in [-0.1, -0.05) is 42.5 Å². The molecule has 5 saturated carbocycles. The van der Waals surface area contributed by atoms with Crippen LogP contribution >= 0.6 is 0 Å². The monoisotopic (exact) mass is 682 g/mol. The van der Waals surface area contributed by atoms with E-state index >= 15 is 0 Å². The molecule has 2 aromatic rings. The smallest absolute Gasteiger partial charge is 0.317 e. The molecule has 0 aromatic heterocycles. The molecule has 1 saturated heterocycles. The number of nitrogens with one attached hydrogen (secondary N) is 3. The van der Waals surface area contributed by atoms with Crippen molar-refractivity contribution in [3.05, 3.63) is 65.7 Å². The molecule has 4 N–H and O–H groups in total. The van der Waals surface area contributed by atoms with Crippen LogP contribution in [0.3, 0.4) is 0 Å². The summed E-state index contributed by atoms with van der Waals surface area (Å²) in [5.41, 5.74) is 3.13. The standard InChI is InChI=1S/C42H58N4O4/c1-40(19-21-46(22-20-40)28-42(17-18-42)27-45-36-23-34(36)29-5-3-2-4-6-29)39(49)50-33-13-9-30(10-14-33)35-24-37(35)44-26-41(15-16-41)25-43-32-11-7-31(8-12-32)38(47)48/h2-6,9-10,13-14,31-32,34-37,43-45H,7-8,11-12,15-28H2,1H3,(H,47,48)/t31-,32-,34?,35?,36?,37?. The van der Waals surface area contributed by atoms with E-state index in [1.165, 1.54) is 43.2 Å². The lowest BCUT2D eigenvalue weighted by Gasteiger charge is -2.39. The van der Waals surface area contributed by atoms with Crippen LogP contribution < -0.4 is 20.7 Å². The number of carbonyl (C=O) groups is 2. The Morgan fingerprint density at radius 3 is 1.88 bits per heavy atom. The zero-order valence-electron chi connectivity index (χ0n) is 30.0. The van der Waals surface area contributed by atoms with Crippen molar-refractivity contribution in [2.45, 2.75) is 114 Å². The summed E-state index contributed by atoms with van der Waals surface area (Å²) in [7, 11) is 0. The van der Waals surface area contributed by atoms with Gasteiger partial charge in [0.2, 0.25) is 0 Å². The van der Waals surface area contributed by atoms with Crippen LogP contribution in [0.1, 0.15) is 107 Å². The van der Waals surface area contributed by atoms with Gasteiger partial charge in [0, 0.05) is 56.1 Å². The van der Waals surface area contributed by atoms with E-state index in [1.54, 1.807) is 0 Å². The van der Waals surface area contributed by atoms with Gasteiger partial charge in [-0.2, -0.15) is 0 Å². The second kappa shape index (κ2) is 14.0. The van der Waals surface area contributed by atoms with Gasteiger partial charge in [0.15, 0.2) is 0 Å². The molecular weight excluding hydrogens is 624 g/mol. The summed E-state index contributed by atoms with van der Waals surface area (Å²) in [6, 6.07) is 20.8. The molecule has 8 nitrogen and oxygen atoms in total. The maximum atomic E-state index is 13.4. The third-order valence-corrected chi connectivity index (χ3v) is 13.6. The number of aliphatic carboxylic acids is 1. The average molecular weight is 683 g/mol. The largest absolute Gasteiger partial charge is 0.481 e. The lowest BCUT2D eigenvalue weighted by Crippen LogP contribution is -2.47. The lowest BCUT2D eigenvalue weighted by molar-refractivity contribution is -0.148. The van der Waals surface area contributed by atoms with Crippen molar-refractivity contribution in [1.82, 2.24) is 20.9 Å². The Bertz CT molecular complexity index is 1490. The van der Waals surface area contributed by atoms with Crippen LogP contribution in [0, 0.1) is 22.2 Å². The van der Waals surface area contributed by atoms with Crippen molar-refractivity contribution in [3.8, 4) is 5.75 Å². The van der Waals surface area contributed by atoms with Gasteiger partial charge in [-0.05, 0) is 131 Å². The predicted molar refractivity (Wildman–Crippen MR) is 195 cm³/mol. The van der Waals surface area contributed by atoms with Gasteiger partial charge in [-0.15, -0.1) is 0 Å². The van der Waals surface area contributed by atoms with Crippen molar-refractivity contribution in [1.29, 1.82) is 0 Å². The molecule has 0 bridgehead atoms. The molecule has 5 aliphatic carbocycles. The predicted octanol–water partition coefficient (Wildman–Crippen LogP) is 6.08. The van der Waals surface area contributed by atoms with E-state index in [-0.39, 0.29) is 11.9 Å². The molecular formula is C42H58N4O4. The highest BCUT2D eigenvalue weighted by molar-refractivity contribution is 5.79. The summed E-state index contributed by atoms with van der Waals surface area (Å²) in [4.78, 5) is 27.2. The fraction of sp³-hybridized carbons (Fsp3) is 0.667. The van der Waals surface area contributed by atoms with Crippen LogP contribution in [0.5, 0.6) is 5.75 Å². The fourth-order valence-electron chi connectivity index (χ4n) is 8.94. The van der Waals surface area contributed by atoms with E-state index in [0.717, 1.165) is 84.2 Å². The fourth-order valence-corrected chi connectivity index (χ4v) is 8.94. The van der Waals surface area contributed by atoms with Gasteiger partial charge in [-0.3, -0.25) is 9.59 Å². The van der Waals surface area contributed by atoms with E-state index in [1.807, 2.05) is 12.1 Å². The first-order chi connectivity index (χ1) is 24.2. The molecule has 270 valence electrons. The quantitative estimate of drug-likeness (QED) is 0.125. The van der Waals surface area contributed by atoms with E-state index in [2.05, 4.69) is 70.2 Å². The van der Waals surface area contributed by atoms with Gasteiger partial charge < -0.3 is 30.7 Å². The van der Waals surface area contributed by atoms with Crippen LogP contribution in [0.15, 0.2) is 54.6 Å². The highest BCUT2D eigenvalue weighted by Gasteiger charge is 2.49. The van der Waals surface area contributed by atoms with Gasteiger partial charge in [0.1, 0.15) is 5.75 Å². The van der Waals surface area contributed by atoms with Crippen LogP contribution in [-0.2, 0) is 9.59 Å². The minimum Gasteiger partial charge on any atom is -0.481 e. The number of rotatable bonds is 16. The average Bonchev–Trinajstić information content (AvgIpc) is 3.95. The summed E-state index contributed by atoms with van der Waals surface area (Å²) in [5.74, 6) is 0.993. The number of ether oxygens (including phenoxy) is 1. The summed E-state index contributed by atoms with van der Waals surface area (Å²) < 4.78 is 5.98. The van der Waals surface area contributed by atoms with E-state index in [9.17, 15) is 14.7 Å². The Morgan fingerprint density at radius 2 is 1.30 bits per heavy atom. The molecule has 0 spiro atoms. The molecule has 6 aliphatic rings. The molecule has 2 aromatic carbocycles. The maximum absolute atomic E-state index is 13.4. The maximum Gasteiger partial charge on any atom is 0.317 e. The molecule has 0 radical (unpaired) electrons. The van der Waals surface area contributed by atoms with Crippen LogP contribution in [0.4, 0.5) is 0 Å². The Balaban J connectivity index is 0.726. The number of benzene rings is 2. The van der Waals surface area contributed by atoms with E-state index < -0.39 is 11.4 Å². The number of hydrogen-bond donors (Lipinski definition) is 4. The van der Waals surface area contributed by atoms with Crippen molar-refractivity contribution in [3.63, 3.8) is 0 Å². The van der Waals surface area contributed by atoms with Crippen molar-refractivity contribution < 1.29 is 19.4 Å². The first-order valence-electron chi connectivity index (χ1n) is 19.7. The molecule has 4 atom stereocenters. The van der Waals surface area contributed by atoms with Gasteiger partial charge >= 0.3 is 11.9 Å². The third kappa shape index (κ3) is 8.14. The number of carbonyl (C=O) groups excluding carboxylic acids is 1. The minimum absolute atomic E-state index is 0.0855. The van der Waals surface area contributed by atoms with E-state index in [4.69, 9.17) is 4.74 Å². The molecule has 6 fully saturated rings. The highest BCUT2D eigenvalue weighted by atomic mass is 16.5. The van der Waals surface area contributed by atoms with Gasteiger partial charge in [0.05, 0.1) is 11.3 Å². The lowest BCUT2D eigenvalue weighted by atomic mass is 9.80. The number of carboxylic acid groups (broad SMARTS) is 1. The SMILES string of the molecule is CC1(C(=O)Oc2ccc(C3CC3NCC3(CN[C@H]4CC[C@H](C(=O)O)CC4)CC3)cc2)CCN(CC2(CNC3CC3c3ccccc3)CC2)CC1. The second-order valence-electron chi connectivity index (χ2n) is 17.6. The Labute approximate surface area is 298 Å². The zero-order chi connectivity index (χ0) is 34.3.